The summed E-state index contributed by atoms with van der Waals surface area (Å²) in [6.45, 7) is 2.16. The van der Waals surface area contributed by atoms with Crippen LogP contribution in [0.5, 0.6) is 17.2 Å². The SMILES string of the molecule is CCc1cc(C(=O)NCc2cc(OC)c(OC)c(OC)c2)cc(=O)[nH]1. The molecule has 0 atom stereocenters. The normalized spacial score (nSPS) is 10.2. The second kappa shape index (κ2) is 8.23. The van der Waals surface area contributed by atoms with Crippen LogP contribution in [0.4, 0.5) is 0 Å². The van der Waals surface area contributed by atoms with Crippen LogP contribution in [0.1, 0.15) is 28.5 Å². The lowest BCUT2D eigenvalue weighted by Crippen LogP contribution is -2.25. The lowest BCUT2D eigenvalue weighted by atomic mass is 10.1. The van der Waals surface area contributed by atoms with Gasteiger partial charge in [-0.25, -0.2) is 0 Å². The molecule has 0 fully saturated rings. The number of carbonyl (C=O) groups excluding carboxylic acids is 1. The number of benzene rings is 1. The molecule has 0 aliphatic carbocycles. The van der Waals surface area contributed by atoms with Crippen molar-refractivity contribution in [1.82, 2.24) is 10.3 Å². The van der Waals surface area contributed by atoms with Crippen molar-refractivity contribution in [2.45, 2.75) is 19.9 Å². The van der Waals surface area contributed by atoms with Gasteiger partial charge < -0.3 is 24.5 Å². The Morgan fingerprint density at radius 1 is 1.04 bits per heavy atom. The Morgan fingerprint density at radius 2 is 1.68 bits per heavy atom. The molecule has 134 valence electrons. The van der Waals surface area contributed by atoms with Crippen LogP contribution in [0.2, 0.25) is 0 Å². The molecule has 1 amide bonds. The van der Waals surface area contributed by atoms with Gasteiger partial charge in [0, 0.05) is 23.9 Å². The number of pyridine rings is 1. The fourth-order valence-electron chi connectivity index (χ4n) is 2.44. The van der Waals surface area contributed by atoms with Crippen molar-refractivity contribution in [1.29, 1.82) is 0 Å². The van der Waals surface area contributed by atoms with Gasteiger partial charge in [-0.15, -0.1) is 0 Å². The van der Waals surface area contributed by atoms with E-state index in [-0.39, 0.29) is 18.0 Å². The Hall–Kier alpha value is -2.96. The highest BCUT2D eigenvalue weighted by Crippen LogP contribution is 2.38. The summed E-state index contributed by atoms with van der Waals surface area (Å²) in [5.74, 6) is 1.18. The molecule has 0 unspecified atom stereocenters. The van der Waals surface area contributed by atoms with E-state index in [1.54, 1.807) is 18.2 Å². The van der Waals surface area contributed by atoms with Gasteiger partial charge in [-0.3, -0.25) is 9.59 Å². The standard InChI is InChI=1S/C18H22N2O5/c1-5-13-8-12(9-16(21)20-13)18(22)19-10-11-6-14(23-2)17(25-4)15(7-11)24-3/h6-9H,5,10H2,1-4H3,(H,19,22)(H,20,21). The van der Waals surface area contributed by atoms with Crippen molar-refractivity contribution in [2.75, 3.05) is 21.3 Å². The highest BCUT2D eigenvalue weighted by Gasteiger charge is 2.14. The highest BCUT2D eigenvalue weighted by atomic mass is 16.5. The van der Waals surface area contributed by atoms with E-state index in [0.717, 1.165) is 5.56 Å². The molecule has 2 aromatic rings. The summed E-state index contributed by atoms with van der Waals surface area (Å²) in [5, 5.41) is 2.79. The van der Waals surface area contributed by atoms with E-state index >= 15 is 0 Å². The second-order valence-electron chi connectivity index (χ2n) is 5.33. The van der Waals surface area contributed by atoms with Crippen LogP contribution in [-0.2, 0) is 13.0 Å². The third kappa shape index (κ3) is 4.32. The van der Waals surface area contributed by atoms with Crippen molar-refractivity contribution in [3.63, 3.8) is 0 Å². The molecule has 1 aromatic carbocycles. The van der Waals surface area contributed by atoms with Crippen LogP contribution in [0, 0.1) is 0 Å². The summed E-state index contributed by atoms with van der Waals surface area (Å²) in [5.41, 5.74) is 1.53. The van der Waals surface area contributed by atoms with Crippen LogP contribution >= 0.6 is 0 Å². The van der Waals surface area contributed by atoms with Gasteiger partial charge in [-0.1, -0.05) is 6.92 Å². The van der Waals surface area contributed by atoms with E-state index in [1.807, 2.05) is 6.92 Å². The number of H-pyrrole nitrogens is 1. The van der Waals surface area contributed by atoms with E-state index in [4.69, 9.17) is 14.2 Å². The van der Waals surface area contributed by atoms with Crippen LogP contribution in [0.15, 0.2) is 29.1 Å². The first-order chi connectivity index (χ1) is 12.0. The smallest absolute Gasteiger partial charge is 0.251 e. The van der Waals surface area contributed by atoms with Crippen molar-refractivity contribution in [3.05, 3.63) is 51.4 Å². The molecule has 25 heavy (non-hydrogen) atoms. The van der Waals surface area contributed by atoms with Gasteiger partial charge in [0.2, 0.25) is 11.3 Å². The minimum Gasteiger partial charge on any atom is -0.493 e. The molecule has 1 aromatic heterocycles. The third-order valence-corrected chi connectivity index (χ3v) is 3.72. The van der Waals surface area contributed by atoms with E-state index in [2.05, 4.69) is 10.3 Å². The topological polar surface area (TPSA) is 89.7 Å². The Bertz CT molecular complexity index is 788. The average molecular weight is 346 g/mol. The van der Waals surface area contributed by atoms with Gasteiger partial charge in [-0.2, -0.15) is 0 Å². The molecule has 7 heteroatoms. The molecule has 0 saturated carbocycles. The van der Waals surface area contributed by atoms with Gasteiger partial charge in [0.15, 0.2) is 11.5 Å². The number of amides is 1. The number of aromatic nitrogens is 1. The fraction of sp³-hybridized carbons (Fsp3) is 0.333. The van der Waals surface area contributed by atoms with Gasteiger partial charge in [0.05, 0.1) is 21.3 Å². The monoisotopic (exact) mass is 346 g/mol. The molecule has 0 bridgehead atoms. The maximum absolute atomic E-state index is 12.3. The lowest BCUT2D eigenvalue weighted by Gasteiger charge is -2.14. The van der Waals surface area contributed by atoms with Gasteiger partial charge >= 0.3 is 0 Å². The summed E-state index contributed by atoms with van der Waals surface area (Å²) < 4.78 is 15.9. The first-order valence-electron chi connectivity index (χ1n) is 7.82. The van der Waals surface area contributed by atoms with Crippen molar-refractivity contribution in [2.24, 2.45) is 0 Å². The minimum absolute atomic E-state index is 0.254. The van der Waals surface area contributed by atoms with Gasteiger partial charge in [-0.05, 0) is 30.2 Å². The quantitative estimate of drug-likeness (QED) is 0.799. The summed E-state index contributed by atoms with van der Waals surface area (Å²) >= 11 is 0. The number of hydrogen-bond donors (Lipinski definition) is 2. The predicted molar refractivity (Wildman–Crippen MR) is 93.7 cm³/mol. The maximum atomic E-state index is 12.3. The van der Waals surface area contributed by atoms with E-state index in [1.165, 1.54) is 27.4 Å². The third-order valence-electron chi connectivity index (χ3n) is 3.72. The number of aromatic amines is 1. The molecule has 0 spiro atoms. The van der Waals surface area contributed by atoms with Crippen LogP contribution in [-0.4, -0.2) is 32.2 Å². The van der Waals surface area contributed by atoms with Crippen molar-refractivity contribution in [3.8, 4) is 17.2 Å². The zero-order valence-corrected chi connectivity index (χ0v) is 14.8. The largest absolute Gasteiger partial charge is 0.493 e. The zero-order chi connectivity index (χ0) is 18.4. The van der Waals surface area contributed by atoms with Gasteiger partial charge in [0.25, 0.3) is 5.91 Å². The molecule has 0 aliphatic heterocycles. The lowest BCUT2D eigenvalue weighted by molar-refractivity contribution is 0.0950. The van der Waals surface area contributed by atoms with E-state index in [0.29, 0.717) is 34.9 Å². The molecule has 0 saturated heterocycles. The fourth-order valence-corrected chi connectivity index (χ4v) is 2.44. The van der Waals surface area contributed by atoms with Crippen LogP contribution in [0.3, 0.4) is 0 Å². The predicted octanol–water partition coefficient (Wildman–Crippen LogP) is 1.89. The summed E-state index contributed by atoms with van der Waals surface area (Å²) in [7, 11) is 4.59. The summed E-state index contributed by atoms with van der Waals surface area (Å²) in [4.78, 5) is 26.6. The molecule has 0 aliphatic rings. The minimum atomic E-state index is -0.324. The first-order valence-corrected chi connectivity index (χ1v) is 7.82. The second-order valence-corrected chi connectivity index (χ2v) is 5.33. The van der Waals surface area contributed by atoms with Crippen molar-refractivity contribution < 1.29 is 19.0 Å². The average Bonchev–Trinajstić information content (AvgIpc) is 2.64. The molecule has 7 nitrogen and oxygen atoms in total. The maximum Gasteiger partial charge on any atom is 0.251 e. The summed E-state index contributed by atoms with van der Waals surface area (Å²) in [6.07, 6.45) is 0.642. The summed E-state index contributed by atoms with van der Waals surface area (Å²) in [6, 6.07) is 6.48. The number of carbonyl (C=O) groups is 1. The Balaban J connectivity index is 2.19. The Kier molecular flexibility index (Phi) is 6.05. The van der Waals surface area contributed by atoms with E-state index in [9.17, 15) is 9.59 Å². The molecule has 1 heterocycles. The van der Waals surface area contributed by atoms with Crippen LogP contribution < -0.4 is 25.1 Å². The molecule has 2 rings (SSSR count). The van der Waals surface area contributed by atoms with Crippen molar-refractivity contribution >= 4 is 5.91 Å². The zero-order valence-electron chi connectivity index (χ0n) is 14.8. The number of nitrogens with one attached hydrogen (secondary N) is 2. The molecule has 2 N–H and O–H groups in total. The number of rotatable bonds is 7. The molecule has 0 radical (unpaired) electrons. The van der Waals surface area contributed by atoms with Gasteiger partial charge in [0.1, 0.15) is 0 Å². The highest BCUT2D eigenvalue weighted by molar-refractivity contribution is 5.94. The molecular formula is C18H22N2O5. The number of ether oxygens (including phenoxy) is 3. The number of aryl methyl sites for hydroxylation is 1. The Morgan fingerprint density at radius 3 is 2.20 bits per heavy atom. The van der Waals surface area contributed by atoms with Crippen LogP contribution in [0.25, 0.3) is 0 Å². The number of methoxy groups -OCH3 is 3. The van der Waals surface area contributed by atoms with E-state index < -0.39 is 0 Å². The first kappa shape index (κ1) is 18.4. The Labute approximate surface area is 145 Å². The number of hydrogen-bond acceptors (Lipinski definition) is 5. The molecular weight excluding hydrogens is 324 g/mol.